The molecule has 0 saturated heterocycles. The Bertz CT molecular complexity index is 508. The monoisotopic (exact) mass is 234 g/mol. The van der Waals surface area contributed by atoms with Crippen LogP contribution in [0.2, 0.25) is 0 Å². The first-order valence-electron chi connectivity index (χ1n) is 5.38. The second kappa shape index (κ2) is 4.91. The Labute approximate surface area is 99.8 Å². The standard InChI is InChI=1S/C13H15FN2O/c1-16-7-3-4-10(16)9-15-13-8-11(17-2)5-6-12(13)14/h3-8,15H,9H2,1-2H3. The van der Waals surface area contributed by atoms with Crippen LogP contribution in [0.3, 0.4) is 0 Å². The third-order valence-corrected chi connectivity index (χ3v) is 2.68. The van der Waals surface area contributed by atoms with E-state index in [-0.39, 0.29) is 5.82 Å². The molecule has 1 heterocycles. The maximum Gasteiger partial charge on any atom is 0.146 e. The van der Waals surface area contributed by atoms with Crippen molar-refractivity contribution in [1.82, 2.24) is 4.57 Å². The lowest BCUT2D eigenvalue weighted by atomic mass is 10.2. The van der Waals surface area contributed by atoms with Crippen LogP contribution in [0.5, 0.6) is 5.75 Å². The van der Waals surface area contributed by atoms with Crippen molar-refractivity contribution < 1.29 is 9.13 Å². The summed E-state index contributed by atoms with van der Waals surface area (Å²) in [5, 5.41) is 3.06. The molecule has 0 amide bonds. The minimum absolute atomic E-state index is 0.278. The van der Waals surface area contributed by atoms with E-state index in [4.69, 9.17) is 4.74 Å². The van der Waals surface area contributed by atoms with Gasteiger partial charge in [-0.15, -0.1) is 0 Å². The normalized spacial score (nSPS) is 10.3. The SMILES string of the molecule is COc1ccc(F)c(NCc2cccn2C)c1. The van der Waals surface area contributed by atoms with Gasteiger partial charge in [0.05, 0.1) is 19.3 Å². The Balaban J connectivity index is 2.11. The van der Waals surface area contributed by atoms with Crippen LogP contribution >= 0.6 is 0 Å². The first-order valence-corrected chi connectivity index (χ1v) is 5.38. The van der Waals surface area contributed by atoms with Crippen LogP contribution in [0.1, 0.15) is 5.69 Å². The van der Waals surface area contributed by atoms with Crippen LogP contribution in [-0.4, -0.2) is 11.7 Å². The highest BCUT2D eigenvalue weighted by Gasteiger charge is 2.04. The highest BCUT2D eigenvalue weighted by molar-refractivity contribution is 5.49. The first kappa shape index (κ1) is 11.5. The fourth-order valence-electron chi connectivity index (χ4n) is 1.63. The molecule has 1 aromatic heterocycles. The predicted molar refractivity (Wildman–Crippen MR) is 65.7 cm³/mol. The molecule has 0 bridgehead atoms. The zero-order valence-corrected chi connectivity index (χ0v) is 9.90. The van der Waals surface area contributed by atoms with Crippen LogP contribution in [0, 0.1) is 5.82 Å². The molecule has 0 spiro atoms. The molecule has 0 atom stereocenters. The number of nitrogens with one attached hydrogen (secondary N) is 1. The van der Waals surface area contributed by atoms with Crippen LogP contribution in [0.25, 0.3) is 0 Å². The Hall–Kier alpha value is -1.97. The maximum atomic E-state index is 13.5. The molecule has 0 unspecified atom stereocenters. The summed E-state index contributed by atoms with van der Waals surface area (Å²) >= 11 is 0. The minimum Gasteiger partial charge on any atom is -0.497 e. The number of hydrogen-bond acceptors (Lipinski definition) is 2. The summed E-state index contributed by atoms with van der Waals surface area (Å²) < 4.78 is 20.6. The second-order valence-electron chi connectivity index (χ2n) is 3.81. The first-order chi connectivity index (χ1) is 8.20. The number of nitrogens with zero attached hydrogens (tertiary/aromatic N) is 1. The Morgan fingerprint density at radius 2 is 2.18 bits per heavy atom. The third kappa shape index (κ3) is 2.58. The van der Waals surface area contributed by atoms with Gasteiger partial charge in [0, 0.05) is 25.0 Å². The summed E-state index contributed by atoms with van der Waals surface area (Å²) in [5.41, 5.74) is 1.54. The van der Waals surface area contributed by atoms with Gasteiger partial charge in [-0.25, -0.2) is 4.39 Å². The van der Waals surface area contributed by atoms with E-state index in [1.165, 1.54) is 6.07 Å². The van der Waals surface area contributed by atoms with E-state index in [1.54, 1.807) is 19.2 Å². The van der Waals surface area contributed by atoms with Gasteiger partial charge in [-0.3, -0.25) is 0 Å². The van der Waals surface area contributed by atoms with Crippen molar-refractivity contribution in [1.29, 1.82) is 0 Å². The summed E-state index contributed by atoms with van der Waals surface area (Å²) in [6.45, 7) is 0.577. The number of halogens is 1. The maximum absolute atomic E-state index is 13.5. The number of hydrogen-bond donors (Lipinski definition) is 1. The molecule has 1 N–H and O–H groups in total. The lowest BCUT2D eigenvalue weighted by Gasteiger charge is -2.10. The number of aryl methyl sites for hydroxylation is 1. The largest absolute Gasteiger partial charge is 0.497 e. The summed E-state index contributed by atoms with van der Waals surface area (Å²) in [4.78, 5) is 0. The number of rotatable bonds is 4. The quantitative estimate of drug-likeness (QED) is 0.880. The molecule has 0 aliphatic heterocycles. The highest BCUT2D eigenvalue weighted by Crippen LogP contribution is 2.21. The number of benzene rings is 1. The van der Waals surface area contributed by atoms with Gasteiger partial charge in [-0.2, -0.15) is 0 Å². The molecule has 17 heavy (non-hydrogen) atoms. The minimum atomic E-state index is -0.278. The van der Waals surface area contributed by atoms with Gasteiger partial charge in [0.25, 0.3) is 0 Å². The zero-order valence-electron chi connectivity index (χ0n) is 9.90. The molecule has 3 nitrogen and oxygen atoms in total. The third-order valence-electron chi connectivity index (χ3n) is 2.68. The molecule has 90 valence electrons. The topological polar surface area (TPSA) is 26.2 Å². The van der Waals surface area contributed by atoms with E-state index in [2.05, 4.69) is 5.32 Å². The van der Waals surface area contributed by atoms with E-state index in [9.17, 15) is 4.39 Å². The number of anilines is 1. The van der Waals surface area contributed by atoms with Gasteiger partial charge < -0.3 is 14.6 Å². The average Bonchev–Trinajstić information content (AvgIpc) is 2.74. The highest BCUT2D eigenvalue weighted by atomic mass is 19.1. The van der Waals surface area contributed by atoms with E-state index in [0.717, 1.165) is 5.69 Å². The fourth-order valence-corrected chi connectivity index (χ4v) is 1.63. The van der Waals surface area contributed by atoms with Gasteiger partial charge in [0.1, 0.15) is 11.6 Å². The zero-order chi connectivity index (χ0) is 12.3. The van der Waals surface area contributed by atoms with Crippen molar-refractivity contribution >= 4 is 5.69 Å². The van der Waals surface area contributed by atoms with E-state index >= 15 is 0 Å². The molecule has 0 saturated carbocycles. The Morgan fingerprint density at radius 3 is 2.82 bits per heavy atom. The molecule has 4 heteroatoms. The van der Waals surface area contributed by atoms with E-state index < -0.39 is 0 Å². The van der Waals surface area contributed by atoms with Crippen molar-refractivity contribution in [3.63, 3.8) is 0 Å². The Kier molecular flexibility index (Phi) is 3.32. The van der Waals surface area contributed by atoms with Crippen molar-refractivity contribution in [2.45, 2.75) is 6.54 Å². The predicted octanol–water partition coefficient (Wildman–Crippen LogP) is 2.78. The van der Waals surface area contributed by atoms with Gasteiger partial charge in [-0.1, -0.05) is 0 Å². The van der Waals surface area contributed by atoms with Gasteiger partial charge >= 0.3 is 0 Å². The molecule has 1 aromatic carbocycles. The molecule has 0 aliphatic rings. The lowest BCUT2D eigenvalue weighted by Crippen LogP contribution is -2.05. The molecule has 2 rings (SSSR count). The van der Waals surface area contributed by atoms with E-state index in [0.29, 0.717) is 18.0 Å². The molecule has 0 radical (unpaired) electrons. The summed E-state index contributed by atoms with van der Waals surface area (Å²) in [5.74, 6) is 0.362. The van der Waals surface area contributed by atoms with Crippen molar-refractivity contribution in [2.24, 2.45) is 7.05 Å². The molecule has 0 aliphatic carbocycles. The summed E-state index contributed by atoms with van der Waals surface area (Å²) in [6.07, 6.45) is 1.96. The van der Waals surface area contributed by atoms with Crippen LogP contribution < -0.4 is 10.1 Å². The molecular weight excluding hydrogens is 219 g/mol. The molecular formula is C13H15FN2O. The number of aromatic nitrogens is 1. The average molecular weight is 234 g/mol. The van der Waals surface area contributed by atoms with Crippen molar-refractivity contribution in [2.75, 3.05) is 12.4 Å². The van der Waals surface area contributed by atoms with Crippen molar-refractivity contribution in [3.8, 4) is 5.75 Å². The molecule has 0 fully saturated rings. The fraction of sp³-hybridized carbons (Fsp3) is 0.231. The Morgan fingerprint density at radius 1 is 1.35 bits per heavy atom. The second-order valence-corrected chi connectivity index (χ2v) is 3.81. The number of methoxy groups -OCH3 is 1. The van der Waals surface area contributed by atoms with Gasteiger partial charge in [-0.05, 0) is 24.3 Å². The van der Waals surface area contributed by atoms with Crippen molar-refractivity contribution in [3.05, 3.63) is 48.0 Å². The van der Waals surface area contributed by atoms with Gasteiger partial charge in [0.2, 0.25) is 0 Å². The van der Waals surface area contributed by atoms with Gasteiger partial charge in [0.15, 0.2) is 0 Å². The van der Waals surface area contributed by atoms with Crippen LogP contribution in [0.4, 0.5) is 10.1 Å². The van der Waals surface area contributed by atoms with E-state index in [1.807, 2.05) is 29.9 Å². The molecule has 2 aromatic rings. The van der Waals surface area contributed by atoms with Crippen LogP contribution in [-0.2, 0) is 13.6 Å². The smallest absolute Gasteiger partial charge is 0.146 e. The lowest BCUT2D eigenvalue weighted by molar-refractivity contribution is 0.414. The van der Waals surface area contributed by atoms with Crippen LogP contribution in [0.15, 0.2) is 36.5 Å². The number of ether oxygens (including phenoxy) is 1. The summed E-state index contributed by atoms with van der Waals surface area (Å²) in [7, 11) is 3.52. The summed E-state index contributed by atoms with van der Waals surface area (Å²) in [6, 6.07) is 8.59.